The summed E-state index contributed by atoms with van der Waals surface area (Å²) in [6.45, 7) is 1.72. The summed E-state index contributed by atoms with van der Waals surface area (Å²) < 4.78 is 54.7. The zero-order valence-electron chi connectivity index (χ0n) is 20.2. The van der Waals surface area contributed by atoms with Gasteiger partial charge in [-0.1, -0.05) is 61.5 Å². The summed E-state index contributed by atoms with van der Waals surface area (Å²) in [5.74, 6) is -1.15. The number of hydrogen-bond donors (Lipinski definition) is 2. The largest absolute Gasteiger partial charge is 0.480 e. The van der Waals surface area contributed by atoms with Crippen LogP contribution in [0.3, 0.4) is 0 Å². The van der Waals surface area contributed by atoms with Crippen LogP contribution in [0.15, 0.2) is 94.7 Å². The average Bonchev–Trinajstić information content (AvgIpc) is 3.43. The first-order chi connectivity index (χ1) is 18.1. The number of carbonyl (C=O) groups is 1. The summed E-state index contributed by atoms with van der Waals surface area (Å²) in [4.78, 5) is 13.3. The van der Waals surface area contributed by atoms with Gasteiger partial charge in [-0.2, -0.15) is 4.31 Å². The van der Waals surface area contributed by atoms with Gasteiger partial charge in [-0.05, 0) is 53.4 Å². The van der Waals surface area contributed by atoms with E-state index in [-0.39, 0.29) is 22.8 Å². The van der Waals surface area contributed by atoms with E-state index in [1.54, 1.807) is 43.3 Å². The monoisotopic (exact) mass is 568 g/mol. The Balaban J connectivity index is 1.32. The van der Waals surface area contributed by atoms with E-state index in [0.717, 1.165) is 25.9 Å². The van der Waals surface area contributed by atoms with Crippen molar-refractivity contribution in [3.05, 3.63) is 89.8 Å². The van der Waals surface area contributed by atoms with Crippen molar-refractivity contribution in [3.63, 3.8) is 0 Å². The van der Waals surface area contributed by atoms with Crippen LogP contribution in [-0.2, 0) is 31.4 Å². The molecule has 0 saturated heterocycles. The van der Waals surface area contributed by atoms with Crippen molar-refractivity contribution in [2.24, 2.45) is 0 Å². The lowest BCUT2D eigenvalue weighted by molar-refractivity contribution is -0.141. The number of hydrogen-bond acceptors (Lipinski definition) is 6. The maximum atomic E-state index is 13.0. The molecule has 1 unspecified atom stereocenters. The van der Waals surface area contributed by atoms with E-state index in [0.29, 0.717) is 10.6 Å². The van der Waals surface area contributed by atoms with Gasteiger partial charge in [0.2, 0.25) is 10.0 Å². The van der Waals surface area contributed by atoms with Crippen molar-refractivity contribution in [2.75, 3.05) is 4.72 Å². The molecule has 8 nitrogen and oxygen atoms in total. The molecule has 0 bridgehead atoms. The van der Waals surface area contributed by atoms with E-state index in [2.05, 4.69) is 4.72 Å². The molecule has 0 amide bonds. The fraction of sp³-hybridized carbons (Fsp3) is 0.148. The van der Waals surface area contributed by atoms with Crippen molar-refractivity contribution < 1.29 is 26.7 Å². The quantitative estimate of drug-likeness (QED) is 0.300. The van der Waals surface area contributed by atoms with Crippen molar-refractivity contribution in [3.8, 4) is 21.6 Å². The van der Waals surface area contributed by atoms with Gasteiger partial charge in [0.25, 0.3) is 10.0 Å². The third-order valence-electron chi connectivity index (χ3n) is 6.37. The van der Waals surface area contributed by atoms with Crippen molar-refractivity contribution >= 4 is 43.0 Å². The first-order valence-electron chi connectivity index (χ1n) is 11.8. The van der Waals surface area contributed by atoms with Gasteiger partial charge >= 0.3 is 5.97 Å². The number of aliphatic carboxylic acids is 1. The topological polar surface area (TPSA) is 121 Å². The molecule has 0 fully saturated rings. The normalized spacial score (nSPS) is 15.6. The smallest absolute Gasteiger partial charge is 0.322 e. The summed E-state index contributed by atoms with van der Waals surface area (Å²) in [7, 11) is -7.53. The van der Waals surface area contributed by atoms with Crippen LogP contribution >= 0.6 is 11.3 Å². The second kappa shape index (κ2) is 9.99. The van der Waals surface area contributed by atoms with E-state index in [1.807, 2.05) is 36.4 Å². The highest BCUT2D eigenvalue weighted by Crippen LogP contribution is 2.42. The van der Waals surface area contributed by atoms with Gasteiger partial charge in [0, 0.05) is 15.4 Å². The van der Waals surface area contributed by atoms with Crippen LogP contribution in [0.5, 0.6) is 0 Å². The Kier molecular flexibility index (Phi) is 6.86. The molecule has 1 atom stereocenters. The highest BCUT2D eigenvalue weighted by molar-refractivity contribution is 7.92. The maximum Gasteiger partial charge on any atom is 0.322 e. The Morgan fingerprint density at radius 2 is 1.55 bits per heavy atom. The first-order valence-corrected chi connectivity index (χ1v) is 15.5. The van der Waals surface area contributed by atoms with Crippen LogP contribution in [0.25, 0.3) is 21.6 Å². The summed E-state index contributed by atoms with van der Waals surface area (Å²) >= 11 is 1.35. The number of carboxylic acids is 1. The highest BCUT2D eigenvalue weighted by atomic mass is 32.2. The number of thiophene rings is 1. The SMILES string of the molecule is CCC(C(=O)O)N1Cc2sc(-c3ccc(-c4ccc(NS(=O)(=O)c5ccccc5)cc4)cc3)cc2S1(=O)=O. The maximum absolute atomic E-state index is 13.0. The fourth-order valence-corrected chi connectivity index (χ4v) is 8.87. The van der Waals surface area contributed by atoms with Gasteiger partial charge in [0.15, 0.2) is 0 Å². The fourth-order valence-electron chi connectivity index (χ4n) is 4.39. The number of sulfonamides is 2. The molecule has 1 aliphatic rings. The van der Waals surface area contributed by atoms with Gasteiger partial charge in [0.1, 0.15) is 6.04 Å². The number of carboxylic acid groups (broad SMARTS) is 1. The molecule has 0 spiro atoms. The van der Waals surface area contributed by atoms with Crippen LogP contribution in [-0.4, -0.2) is 38.3 Å². The first kappa shape index (κ1) is 26.1. The highest BCUT2D eigenvalue weighted by Gasteiger charge is 2.43. The number of anilines is 1. The minimum atomic E-state index is -3.86. The van der Waals surface area contributed by atoms with E-state index < -0.39 is 32.1 Å². The molecule has 2 heterocycles. The summed E-state index contributed by atoms with van der Waals surface area (Å²) in [5.41, 5.74) is 3.12. The van der Waals surface area contributed by atoms with Crippen LogP contribution in [0.4, 0.5) is 5.69 Å². The number of benzene rings is 3. The molecule has 11 heteroatoms. The lowest BCUT2D eigenvalue weighted by atomic mass is 10.0. The van der Waals surface area contributed by atoms with Crippen molar-refractivity contribution in [1.82, 2.24) is 4.31 Å². The Morgan fingerprint density at radius 3 is 2.11 bits per heavy atom. The molecule has 38 heavy (non-hydrogen) atoms. The van der Waals surface area contributed by atoms with Crippen LogP contribution in [0.2, 0.25) is 0 Å². The van der Waals surface area contributed by atoms with E-state index in [4.69, 9.17) is 0 Å². The molecule has 4 aromatic rings. The van der Waals surface area contributed by atoms with Crippen LogP contribution in [0.1, 0.15) is 18.2 Å². The molecule has 1 aromatic heterocycles. The average molecular weight is 569 g/mol. The van der Waals surface area contributed by atoms with E-state index in [9.17, 15) is 26.7 Å². The van der Waals surface area contributed by atoms with Crippen LogP contribution in [0, 0.1) is 0 Å². The minimum absolute atomic E-state index is 0.0611. The molecular weight excluding hydrogens is 545 g/mol. The zero-order chi connectivity index (χ0) is 27.1. The van der Waals surface area contributed by atoms with Crippen LogP contribution < -0.4 is 4.72 Å². The van der Waals surface area contributed by atoms with Gasteiger partial charge in [0.05, 0.1) is 16.3 Å². The van der Waals surface area contributed by atoms with E-state index in [1.165, 1.54) is 23.5 Å². The Labute approximate surface area is 225 Å². The Bertz CT molecular complexity index is 1700. The molecule has 2 N–H and O–H groups in total. The van der Waals surface area contributed by atoms with Gasteiger partial charge < -0.3 is 5.11 Å². The molecule has 0 radical (unpaired) electrons. The minimum Gasteiger partial charge on any atom is -0.480 e. The predicted molar refractivity (Wildman–Crippen MR) is 147 cm³/mol. The second-order valence-corrected chi connectivity index (χ2v) is 13.5. The molecule has 196 valence electrons. The standard InChI is InChI=1S/C27H24N2O6S3/c1-2-23(27(30)31)29-17-25-26(38(29,34)35)16-24(36-25)20-10-8-18(9-11-20)19-12-14-21(15-13-19)28-37(32,33)22-6-4-3-5-7-22/h3-16,23,28H,2,17H2,1H3,(H,30,31). The van der Waals surface area contributed by atoms with Gasteiger partial charge in [-0.3, -0.25) is 9.52 Å². The summed E-state index contributed by atoms with van der Waals surface area (Å²) in [5, 5.41) is 9.41. The molecule has 0 aliphatic carbocycles. The third kappa shape index (κ3) is 4.85. The third-order valence-corrected chi connectivity index (χ3v) is 11.0. The van der Waals surface area contributed by atoms with Gasteiger partial charge in [-0.25, -0.2) is 16.8 Å². The number of nitrogens with zero attached hydrogens (tertiary/aromatic N) is 1. The molecule has 0 saturated carbocycles. The number of fused-ring (bicyclic) bond motifs is 1. The number of nitrogens with one attached hydrogen (secondary N) is 1. The molecule has 1 aliphatic heterocycles. The predicted octanol–water partition coefficient (Wildman–Crippen LogP) is 5.25. The summed E-state index contributed by atoms with van der Waals surface area (Å²) in [6, 6.07) is 23.4. The lowest BCUT2D eigenvalue weighted by Gasteiger charge is -2.21. The Hall–Kier alpha value is -3.51. The molecule has 3 aromatic carbocycles. The zero-order valence-corrected chi connectivity index (χ0v) is 22.7. The second-order valence-electron chi connectivity index (χ2n) is 8.78. The van der Waals surface area contributed by atoms with Crippen molar-refractivity contribution in [2.45, 2.75) is 35.7 Å². The van der Waals surface area contributed by atoms with Gasteiger partial charge in [-0.15, -0.1) is 11.3 Å². The Morgan fingerprint density at radius 1 is 0.974 bits per heavy atom. The van der Waals surface area contributed by atoms with Crippen molar-refractivity contribution in [1.29, 1.82) is 0 Å². The van der Waals surface area contributed by atoms with E-state index >= 15 is 0 Å². The number of rotatable bonds is 8. The summed E-state index contributed by atoms with van der Waals surface area (Å²) in [6.07, 6.45) is 0.192. The molecular formula is C27H24N2O6S3. The molecule has 5 rings (SSSR count). The lowest BCUT2D eigenvalue weighted by Crippen LogP contribution is -2.40.